The smallest absolute Gasteiger partial charge is 0.186 e. The topological polar surface area (TPSA) is 51.2 Å². The Balaban J connectivity index is 2.31. The fourth-order valence-electron chi connectivity index (χ4n) is 1.69. The number of hydrogen-bond acceptors (Lipinski definition) is 4. The second kappa shape index (κ2) is 6.43. The van der Waals surface area contributed by atoms with Crippen LogP contribution in [0.2, 0.25) is 0 Å². The zero-order valence-corrected chi connectivity index (χ0v) is 9.81. The summed E-state index contributed by atoms with van der Waals surface area (Å²) >= 11 is 0. The molecule has 0 aliphatic carbocycles. The number of epoxide rings is 1. The lowest BCUT2D eigenvalue weighted by Gasteiger charge is -2.15. The molecule has 1 aliphatic rings. The molecule has 1 heterocycles. The van der Waals surface area contributed by atoms with E-state index in [0.29, 0.717) is 13.2 Å². The summed E-state index contributed by atoms with van der Waals surface area (Å²) < 4.78 is 16.2. The van der Waals surface area contributed by atoms with Gasteiger partial charge >= 0.3 is 0 Å². The molecule has 15 heavy (non-hydrogen) atoms. The van der Waals surface area contributed by atoms with Crippen LogP contribution >= 0.6 is 0 Å². The molecule has 1 aliphatic heterocycles. The van der Waals surface area contributed by atoms with Gasteiger partial charge in [-0.3, -0.25) is 0 Å². The van der Waals surface area contributed by atoms with Gasteiger partial charge in [0.2, 0.25) is 0 Å². The van der Waals surface area contributed by atoms with Crippen molar-refractivity contribution in [3.8, 4) is 0 Å². The molecule has 1 saturated heterocycles. The van der Waals surface area contributed by atoms with Crippen molar-refractivity contribution < 1.29 is 19.3 Å². The van der Waals surface area contributed by atoms with Crippen LogP contribution in [0.3, 0.4) is 0 Å². The maximum atomic E-state index is 9.71. The third-order valence-corrected chi connectivity index (χ3v) is 2.46. The van der Waals surface area contributed by atoms with E-state index >= 15 is 0 Å². The molecule has 1 fully saturated rings. The molecule has 0 unspecified atom stereocenters. The summed E-state index contributed by atoms with van der Waals surface area (Å²) in [6, 6.07) is 0. The van der Waals surface area contributed by atoms with E-state index in [-0.39, 0.29) is 24.6 Å². The lowest BCUT2D eigenvalue weighted by molar-refractivity contribution is -0.147. The van der Waals surface area contributed by atoms with Crippen molar-refractivity contribution in [3.63, 3.8) is 0 Å². The molecule has 0 spiro atoms. The van der Waals surface area contributed by atoms with Gasteiger partial charge in [-0.2, -0.15) is 0 Å². The van der Waals surface area contributed by atoms with E-state index in [4.69, 9.17) is 14.2 Å². The maximum absolute atomic E-state index is 9.71. The monoisotopic (exact) mass is 218 g/mol. The van der Waals surface area contributed by atoms with Crippen molar-refractivity contribution in [2.75, 3.05) is 13.2 Å². The predicted molar refractivity (Wildman–Crippen MR) is 56.6 cm³/mol. The molecule has 0 aromatic heterocycles. The van der Waals surface area contributed by atoms with Gasteiger partial charge in [0.05, 0.1) is 6.10 Å². The highest BCUT2D eigenvalue weighted by molar-refractivity contribution is 4.93. The highest BCUT2D eigenvalue weighted by Gasteiger charge is 2.50. The number of aliphatic hydroxyl groups excluding tert-OH is 1. The molecule has 3 atom stereocenters. The van der Waals surface area contributed by atoms with Crippen molar-refractivity contribution in [1.82, 2.24) is 0 Å². The van der Waals surface area contributed by atoms with Gasteiger partial charge in [0.1, 0.15) is 12.2 Å². The zero-order chi connectivity index (χ0) is 11.3. The van der Waals surface area contributed by atoms with Crippen LogP contribution in [0.25, 0.3) is 0 Å². The van der Waals surface area contributed by atoms with E-state index in [1.807, 2.05) is 20.8 Å². The minimum absolute atomic E-state index is 0.0913. The Hall–Kier alpha value is -0.160. The third kappa shape index (κ3) is 3.72. The van der Waals surface area contributed by atoms with E-state index in [1.165, 1.54) is 0 Å². The average Bonchev–Trinajstić information content (AvgIpc) is 2.97. The van der Waals surface area contributed by atoms with Crippen LogP contribution in [0.15, 0.2) is 0 Å². The number of hydrogen-bond donors (Lipinski definition) is 1. The Morgan fingerprint density at radius 2 is 1.73 bits per heavy atom. The van der Waals surface area contributed by atoms with Crippen LogP contribution in [0.4, 0.5) is 0 Å². The highest BCUT2D eigenvalue weighted by Crippen LogP contribution is 2.32. The molecule has 4 nitrogen and oxygen atoms in total. The van der Waals surface area contributed by atoms with Gasteiger partial charge < -0.3 is 19.3 Å². The van der Waals surface area contributed by atoms with Crippen LogP contribution in [-0.2, 0) is 14.2 Å². The third-order valence-electron chi connectivity index (χ3n) is 2.46. The summed E-state index contributed by atoms with van der Waals surface area (Å²) in [5.74, 6) is 0. The lowest BCUT2D eigenvalue weighted by Crippen LogP contribution is -2.28. The van der Waals surface area contributed by atoms with Crippen molar-refractivity contribution >= 4 is 0 Å². The standard InChI is InChI=1S/C11H22O4/c1-4-7-8(12)9-10(15-9)11(13-5-2)14-6-3/h8-12H,4-7H2,1-3H3/t8-,9+,10+/m0/s1. The number of rotatable bonds is 8. The van der Waals surface area contributed by atoms with Crippen LogP contribution < -0.4 is 0 Å². The second-order valence-corrected chi connectivity index (χ2v) is 3.70. The van der Waals surface area contributed by atoms with Gasteiger partial charge in [-0.1, -0.05) is 13.3 Å². The SMILES string of the molecule is CCC[C@H](O)[C@H]1O[C@H]1C(OCC)OCC. The van der Waals surface area contributed by atoms with Crippen molar-refractivity contribution in [2.24, 2.45) is 0 Å². The van der Waals surface area contributed by atoms with Gasteiger partial charge in [0.25, 0.3) is 0 Å². The molecule has 0 aromatic carbocycles. The Labute approximate surface area is 91.5 Å². The van der Waals surface area contributed by atoms with Crippen molar-refractivity contribution in [1.29, 1.82) is 0 Å². The van der Waals surface area contributed by atoms with E-state index in [2.05, 4.69) is 0 Å². The normalized spacial score (nSPS) is 27.0. The molecule has 0 bridgehead atoms. The first kappa shape index (κ1) is 12.9. The van der Waals surface area contributed by atoms with Crippen LogP contribution in [-0.4, -0.2) is 42.9 Å². The first-order chi connectivity index (χ1) is 7.24. The van der Waals surface area contributed by atoms with Crippen LogP contribution in [0, 0.1) is 0 Å². The van der Waals surface area contributed by atoms with Gasteiger partial charge in [-0.05, 0) is 20.3 Å². The summed E-state index contributed by atoms with van der Waals surface area (Å²) in [6.45, 7) is 7.09. The lowest BCUT2D eigenvalue weighted by atomic mass is 10.1. The van der Waals surface area contributed by atoms with Crippen LogP contribution in [0.5, 0.6) is 0 Å². The first-order valence-electron chi connectivity index (χ1n) is 5.81. The maximum Gasteiger partial charge on any atom is 0.186 e. The van der Waals surface area contributed by atoms with E-state index < -0.39 is 0 Å². The predicted octanol–water partition coefficient (Wildman–Crippen LogP) is 1.31. The molecule has 1 N–H and O–H groups in total. The summed E-state index contributed by atoms with van der Waals surface area (Å²) in [7, 11) is 0. The van der Waals surface area contributed by atoms with Gasteiger partial charge in [-0.25, -0.2) is 0 Å². The average molecular weight is 218 g/mol. The zero-order valence-electron chi connectivity index (χ0n) is 9.81. The Morgan fingerprint density at radius 1 is 1.13 bits per heavy atom. The van der Waals surface area contributed by atoms with E-state index in [1.54, 1.807) is 0 Å². The molecular weight excluding hydrogens is 196 g/mol. The Kier molecular flexibility index (Phi) is 5.53. The molecule has 0 saturated carbocycles. The van der Waals surface area contributed by atoms with Gasteiger partial charge in [0.15, 0.2) is 6.29 Å². The summed E-state index contributed by atoms with van der Waals surface area (Å²) in [6.07, 6.45) is 0.827. The highest BCUT2D eigenvalue weighted by atomic mass is 16.7. The number of aliphatic hydroxyl groups is 1. The number of ether oxygens (including phenoxy) is 3. The summed E-state index contributed by atoms with van der Waals surface area (Å²) in [5.41, 5.74) is 0. The molecule has 1 rings (SSSR count). The minimum atomic E-state index is -0.386. The largest absolute Gasteiger partial charge is 0.390 e. The van der Waals surface area contributed by atoms with Gasteiger partial charge in [0, 0.05) is 13.2 Å². The quantitative estimate of drug-likeness (QED) is 0.493. The Bertz CT molecular complexity index is 168. The fourth-order valence-corrected chi connectivity index (χ4v) is 1.69. The molecule has 4 heteroatoms. The Morgan fingerprint density at radius 3 is 2.20 bits per heavy atom. The minimum Gasteiger partial charge on any atom is -0.390 e. The fraction of sp³-hybridized carbons (Fsp3) is 1.00. The summed E-state index contributed by atoms with van der Waals surface area (Å²) in [4.78, 5) is 0. The van der Waals surface area contributed by atoms with E-state index in [9.17, 15) is 5.11 Å². The van der Waals surface area contributed by atoms with Crippen LogP contribution in [0.1, 0.15) is 33.6 Å². The second-order valence-electron chi connectivity index (χ2n) is 3.70. The van der Waals surface area contributed by atoms with Crippen molar-refractivity contribution in [2.45, 2.75) is 58.2 Å². The molecular formula is C11H22O4. The first-order valence-corrected chi connectivity index (χ1v) is 5.81. The molecule has 0 radical (unpaired) electrons. The van der Waals surface area contributed by atoms with Crippen molar-refractivity contribution in [3.05, 3.63) is 0 Å². The van der Waals surface area contributed by atoms with Gasteiger partial charge in [-0.15, -0.1) is 0 Å². The molecule has 0 amide bonds. The molecule has 90 valence electrons. The summed E-state index contributed by atoms with van der Waals surface area (Å²) in [5, 5.41) is 9.71. The molecule has 0 aromatic rings. The van der Waals surface area contributed by atoms with E-state index in [0.717, 1.165) is 12.8 Å².